The van der Waals surface area contributed by atoms with Crippen LogP contribution in [0.3, 0.4) is 0 Å². The highest BCUT2D eigenvalue weighted by molar-refractivity contribution is 5.31. The number of rotatable bonds is 7. The van der Waals surface area contributed by atoms with Crippen molar-refractivity contribution in [3.8, 4) is 5.75 Å². The fourth-order valence-corrected chi connectivity index (χ4v) is 5.47. The van der Waals surface area contributed by atoms with E-state index in [4.69, 9.17) is 4.74 Å². The molecule has 0 amide bonds. The second kappa shape index (κ2) is 9.54. The summed E-state index contributed by atoms with van der Waals surface area (Å²) in [4.78, 5) is 0. The predicted octanol–water partition coefficient (Wildman–Crippen LogP) is 7.74. The minimum atomic E-state index is -2.53. The average molecular weight is 397 g/mol. The molecule has 1 nitrogen and oxygen atoms in total. The molecule has 0 radical (unpaired) electrons. The molecule has 2 fully saturated rings. The number of benzene rings is 1. The van der Waals surface area contributed by atoms with Crippen molar-refractivity contribution in [2.75, 3.05) is 7.11 Å². The second-order valence-electron chi connectivity index (χ2n) is 9.08. The van der Waals surface area contributed by atoms with Crippen molar-refractivity contribution >= 4 is 0 Å². The molecule has 0 aliphatic heterocycles. The molecule has 0 atom stereocenters. The number of hydrogen-bond acceptors (Lipinski definition) is 1. The molecule has 1 aromatic rings. The first-order valence-corrected chi connectivity index (χ1v) is 11.1. The molecule has 4 heteroatoms. The molecule has 2 aliphatic rings. The first kappa shape index (κ1) is 21.5. The molecule has 1 aromatic carbocycles. The highest BCUT2D eigenvalue weighted by atomic mass is 19.3. The Morgan fingerprint density at radius 3 is 2.18 bits per heavy atom. The average Bonchev–Trinajstić information content (AvgIpc) is 2.69. The zero-order chi connectivity index (χ0) is 20.1. The molecule has 0 heterocycles. The molecule has 0 aromatic heterocycles. The third-order valence-corrected chi connectivity index (χ3v) is 7.20. The molecule has 0 bridgehead atoms. The molecule has 3 rings (SSSR count). The summed E-state index contributed by atoms with van der Waals surface area (Å²) in [5, 5.41) is 0. The van der Waals surface area contributed by atoms with Crippen molar-refractivity contribution in [2.45, 2.75) is 89.4 Å². The zero-order valence-electron chi connectivity index (χ0n) is 17.4. The van der Waals surface area contributed by atoms with Crippen LogP contribution in [0, 0.1) is 23.6 Å². The molecule has 0 spiro atoms. The Hall–Kier alpha value is -1.19. The summed E-state index contributed by atoms with van der Waals surface area (Å²) in [6.45, 7) is 2.18. The van der Waals surface area contributed by atoms with E-state index in [2.05, 4.69) is 6.92 Å². The third kappa shape index (κ3) is 5.24. The van der Waals surface area contributed by atoms with Crippen LogP contribution in [0.15, 0.2) is 18.2 Å². The third-order valence-electron chi connectivity index (χ3n) is 7.20. The van der Waals surface area contributed by atoms with Crippen molar-refractivity contribution in [2.24, 2.45) is 17.8 Å². The van der Waals surface area contributed by atoms with Crippen LogP contribution >= 0.6 is 0 Å². The van der Waals surface area contributed by atoms with Crippen molar-refractivity contribution in [1.29, 1.82) is 0 Å². The minimum Gasteiger partial charge on any atom is -0.494 e. The van der Waals surface area contributed by atoms with Crippen LogP contribution in [0.1, 0.15) is 89.0 Å². The van der Waals surface area contributed by atoms with E-state index in [1.165, 1.54) is 13.5 Å². The van der Waals surface area contributed by atoms with Crippen LogP contribution < -0.4 is 4.74 Å². The standard InChI is InChI=1S/C24H35F3O/c1-3-4-17-7-12-21(13-8-17)24(26,27)16-18-5-9-19(10-6-18)20-11-14-23(28-2)22(25)15-20/h11,14-15,17-19,21H,3-10,12-13,16H2,1-2H3. The van der Waals surface area contributed by atoms with Gasteiger partial charge in [0.2, 0.25) is 0 Å². The first-order valence-electron chi connectivity index (χ1n) is 11.1. The van der Waals surface area contributed by atoms with Crippen molar-refractivity contribution in [1.82, 2.24) is 0 Å². The van der Waals surface area contributed by atoms with Gasteiger partial charge >= 0.3 is 0 Å². The lowest BCUT2D eigenvalue weighted by atomic mass is 9.72. The van der Waals surface area contributed by atoms with Crippen molar-refractivity contribution < 1.29 is 17.9 Å². The number of alkyl halides is 2. The Morgan fingerprint density at radius 1 is 0.964 bits per heavy atom. The Morgan fingerprint density at radius 2 is 1.61 bits per heavy atom. The van der Waals surface area contributed by atoms with Crippen molar-refractivity contribution in [3.63, 3.8) is 0 Å². The van der Waals surface area contributed by atoms with E-state index in [1.54, 1.807) is 12.1 Å². The van der Waals surface area contributed by atoms with Gasteiger partial charge in [0, 0.05) is 12.3 Å². The Kier molecular flexibility index (Phi) is 7.33. The lowest BCUT2D eigenvalue weighted by molar-refractivity contribution is -0.0955. The molecular weight excluding hydrogens is 361 g/mol. The van der Waals surface area contributed by atoms with Gasteiger partial charge in [0.15, 0.2) is 11.6 Å². The molecular formula is C24H35F3O. The molecule has 0 N–H and O–H groups in total. The van der Waals surface area contributed by atoms with Gasteiger partial charge in [0.05, 0.1) is 7.11 Å². The molecule has 158 valence electrons. The Bertz CT molecular complexity index is 614. The van der Waals surface area contributed by atoms with E-state index in [1.807, 2.05) is 6.07 Å². The van der Waals surface area contributed by atoms with Gasteiger partial charge in [0.1, 0.15) is 0 Å². The summed E-state index contributed by atoms with van der Waals surface area (Å²) in [5.74, 6) is -2.00. The monoisotopic (exact) mass is 396 g/mol. The predicted molar refractivity (Wildman–Crippen MR) is 108 cm³/mol. The number of halogens is 3. The van der Waals surface area contributed by atoms with Gasteiger partial charge in [-0.2, -0.15) is 0 Å². The Balaban J connectivity index is 1.49. The fourth-order valence-electron chi connectivity index (χ4n) is 5.47. The number of hydrogen-bond donors (Lipinski definition) is 0. The van der Waals surface area contributed by atoms with E-state index >= 15 is 0 Å². The molecule has 0 unspecified atom stereocenters. The van der Waals surface area contributed by atoms with Crippen LogP contribution in [0.25, 0.3) is 0 Å². The normalized spacial score (nSPS) is 28.9. The lowest BCUT2D eigenvalue weighted by Gasteiger charge is -2.37. The fraction of sp³-hybridized carbons (Fsp3) is 0.750. The molecule has 0 saturated heterocycles. The van der Waals surface area contributed by atoms with Gasteiger partial charge in [-0.25, -0.2) is 13.2 Å². The van der Waals surface area contributed by atoms with E-state index in [-0.39, 0.29) is 29.8 Å². The summed E-state index contributed by atoms with van der Waals surface area (Å²) >= 11 is 0. The van der Waals surface area contributed by atoms with Gasteiger partial charge in [-0.3, -0.25) is 0 Å². The van der Waals surface area contributed by atoms with Gasteiger partial charge in [0.25, 0.3) is 5.92 Å². The summed E-state index contributed by atoms with van der Waals surface area (Å²) in [5.41, 5.74) is 0.970. The minimum absolute atomic E-state index is 0.0415. The van der Waals surface area contributed by atoms with Gasteiger partial charge in [-0.05, 0) is 86.8 Å². The van der Waals surface area contributed by atoms with Crippen LogP contribution in [-0.2, 0) is 0 Å². The second-order valence-corrected chi connectivity index (χ2v) is 9.08. The van der Waals surface area contributed by atoms with E-state index in [0.717, 1.165) is 50.5 Å². The number of ether oxygens (including phenoxy) is 1. The zero-order valence-corrected chi connectivity index (χ0v) is 17.4. The van der Waals surface area contributed by atoms with Gasteiger partial charge in [-0.1, -0.05) is 25.8 Å². The summed E-state index contributed by atoms with van der Waals surface area (Å²) < 4.78 is 48.7. The van der Waals surface area contributed by atoms with Crippen LogP contribution in [0.4, 0.5) is 13.2 Å². The summed E-state index contributed by atoms with van der Waals surface area (Å²) in [7, 11) is 1.46. The van der Waals surface area contributed by atoms with E-state index in [9.17, 15) is 13.2 Å². The number of methoxy groups -OCH3 is 1. The maximum Gasteiger partial charge on any atom is 0.251 e. The van der Waals surface area contributed by atoms with Crippen LogP contribution in [0.2, 0.25) is 0 Å². The topological polar surface area (TPSA) is 9.23 Å². The SMILES string of the molecule is CCCC1CCC(C(F)(F)CC2CCC(c3ccc(OC)c(F)c3)CC2)CC1. The summed E-state index contributed by atoms with van der Waals surface area (Å²) in [6, 6.07) is 5.13. The lowest BCUT2D eigenvalue weighted by Crippen LogP contribution is -2.34. The molecule has 2 aliphatic carbocycles. The maximum absolute atomic E-state index is 14.9. The van der Waals surface area contributed by atoms with E-state index in [0.29, 0.717) is 18.8 Å². The molecule has 28 heavy (non-hydrogen) atoms. The highest BCUT2D eigenvalue weighted by Gasteiger charge is 2.43. The summed E-state index contributed by atoms with van der Waals surface area (Å²) in [6.07, 6.45) is 9.11. The Labute approximate surface area is 168 Å². The van der Waals surface area contributed by atoms with E-state index < -0.39 is 11.8 Å². The smallest absolute Gasteiger partial charge is 0.251 e. The van der Waals surface area contributed by atoms with Gasteiger partial charge < -0.3 is 4.74 Å². The quantitative estimate of drug-likeness (QED) is 0.458. The van der Waals surface area contributed by atoms with Crippen molar-refractivity contribution in [3.05, 3.63) is 29.6 Å². The maximum atomic E-state index is 14.9. The van der Waals surface area contributed by atoms with Crippen LogP contribution in [0.5, 0.6) is 5.75 Å². The largest absolute Gasteiger partial charge is 0.494 e. The van der Waals surface area contributed by atoms with Gasteiger partial charge in [-0.15, -0.1) is 0 Å². The van der Waals surface area contributed by atoms with Crippen LogP contribution in [-0.4, -0.2) is 13.0 Å². The highest BCUT2D eigenvalue weighted by Crippen LogP contribution is 2.46. The first-order chi connectivity index (χ1) is 13.4. The molecule has 2 saturated carbocycles.